The Morgan fingerprint density at radius 3 is 1.90 bits per heavy atom. The third-order valence-electron chi connectivity index (χ3n) is 4.84. The number of esters is 1. The molecular formula is C24H46NO4+. The Bertz CT molecular complexity index is 454. The first-order valence-electron chi connectivity index (χ1n) is 11.6. The number of unbranched alkanes of at least 4 members (excludes halogenated alkanes) is 10. The summed E-state index contributed by atoms with van der Waals surface area (Å²) in [4.78, 5) is 23.0. The van der Waals surface area contributed by atoms with Gasteiger partial charge < -0.3 is 14.3 Å². The van der Waals surface area contributed by atoms with E-state index in [1.54, 1.807) is 0 Å². The van der Waals surface area contributed by atoms with E-state index in [9.17, 15) is 9.59 Å². The number of hydrogen-bond donors (Lipinski definition) is 1. The number of carbonyl (C=O) groups excluding carboxylic acids is 1. The molecule has 0 aliphatic heterocycles. The van der Waals surface area contributed by atoms with E-state index in [2.05, 4.69) is 19.1 Å². The number of carbonyl (C=O) groups is 2. The number of quaternary nitrogens is 1. The van der Waals surface area contributed by atoms with Crippen molar-refractivity contribution in [1.82, 2.24) is 0 Å². The second-order valence-corrected chi connectivity index (χ2v) is 9.16. The summed E-state index contributed by atoms with van der Waals surface area (Å²) in [5, 5.41) is 9.00. The molecule has 0 amide bonds. The van der Waals surface area contributed by atoms with E-state index >= 15 is 0 Å². The number of rotatable bonds is 19. The highest BCUT2D eigenvalue weighted by atomic mass is 16.5. The van der Waals surface area contributed by atoms with Gasteiger partial charge in [0.1, 0.15) is 6.54 Å². The van der Waals surface area contributed by atoms with Crippen molar-refractivity contribution in [1.29, 1.82) is 0 Å². The Labute approximate surface area is 179 Å². The predicted octanol–water partition coefficient (Wildman–Crippen LogP) is 5.73. The molecule has 0 fully saturated rings. The zero-order chi connectivity index (χ0) is 22.0. The molecule has 0 saturated heterocycles. The van der Waals surface area contributed by atoms with E-state index in [0.29, 0.717) is 17.4 Å². The number of aliphatic carboxylic acids is 1. The largest absolute Gasteiger partial charge is 0.481 e. The van der Waals surface area contributed by atoms with Crippen LogP contribution in [-0.2, 0) is 14.3 Å². The lowest BCUT2D eigenvalue weighted by molar-refractivity contribution is -0.873. The number of carboxylic acid groups (broad SMARTS) is 1. The molecular weight excluding hydrogens is 366 g/mol. The van der Waals surface area contributed by atoms with E-state index in [0.717, 1.165) is 25.7 Å². The van der Waals surface area contributed by atoms with Gasteiger partial charge in [0.25, 0.3) is 0 Å². The summed E-state index contributed by atoms with van der Waals surface area (Å²) in [7, 11) is 5.89. The molecule has 0 rings (SSSR count). The maximum atomic E-state index is 12.0. The van der Waals surface area contributed by atoms with E-state index < -0.39 is 12.1 Å². The molecule has 29 heavy (non-hydrogen) atoms. The van der Waals surface area contributed by atoms with E-state index in [4.69, 9.17) is 9.84 Å². The van der Waals surface area contributed by atoms with Crippen LogP contribution in [0.3, 0.4) is 0 Å². The number of nitrogens with zero attached hydrogens (tertiary/aromatic N) is 1. The summed E-state index contributed by atoms with van der Waals surface area (Å²) >= 11 is 0. The van der Waals surface area contributed by atoms with Crippen LogP contribution in [0, 0.1) is 0 Å². The minimum atomic E-state index is -0.931. The molecule has 0 aromatic carbocycles. The van der Waals surface area contributed by atoms with Gasteiger partial charge in [-0.15, -0.1) is 0 Å². The monoisotopic (exact) mass is 412 g/mol. The highest BCUT2D eigenvalue weighted by Crippen LogP contribution is 2.11. The summed E-state index contributed by atoms with van der Waals surface area (Å²) in [6.07, 6.45) is 18.8. The lowest BCUT2D eigenvalue weighted by Crippen LogP contribution is -2.43. The van der Waals surface area contributed by atoms with Crippen LogP contribution in [0.1, 0.15) is 96.8 Å². The molecule has 0 spiro atoms. The second kappa shape index (κ2) is 17.5. The average molecular weight is 413 g/mol. The van der Waals surface area contributed by atoms with Gasteiger partial charge in [0.15, 0.2) is 6.10 Å². The van der Waals surface area contributed by atoms with Crippen LogP contribution in [-0.4, -0.2) is 55.3 Å². The molecule has 1 atom stereocenters. The Balaban J connectivity index is 3.70. The van der Waals surface area contributed by atoms with Gasteiger partial charge in [0.05, 0.1) is 27.6 Å². The smallest absolute Gasteiger partial charge is 0.307 e. The van der Waals surface area contributed by atoms with Crippen LogP contribution in [0.4, 0.5) is 0 Å². The van der Waals surface area contributed by atoms with Gasteiger partial charge in [-0.3, -0.25) is 9.59 Å². The second-order valence-electron chi connectivity index (χ2n) is 9.16. The fourth-order valence-corrected chi connectivity index (χ4v) is 3.36. The molecule has 170 valence electrons. The standard InChI is InChI=1S/C24H45NO4/c1-5-6-7-8-9-10-11-12-13-14-15-16-17-18-19-24(28)29-22(20-23(26)27)21-25(2,3)4/h13-14,22H,5-12,15-21H2,1-4H3/p+1/b14-13-. The van der Waals surface area contributed by atoms with Gasteiger partial charge in [-0.25, -0.2) is 0 Å². The highest BCUT2D eigenvalue weighted by molar-refractivity contribution is 5.71. The summed E-state index contributed by atoms with van der Waals surface area (Å²) in [5.74, 6) is -1.21. The van der Waals surface area contributed by atoms with E-state index in [1.165, 1.54) is 51.4 Å². The summed E-state index contributed by atoms with van der Waals surface area (Å²) in [6.45, 7) is 2.75. The molecule has 0 heterocycles. The maximum Gasteiger partial charge on any atom is 0.307 e. The number of ether oxygens (including phenoxy) is 1. The number of carboxylic acids is 1. The van der Waals surface area contributed by atoms with Gasteiger partial charge in [-0.1, -0.05) is 64.0 Å². The summed E-state index contributed by atoms with van der Waals surface area (Å²) in [6, 6.07) is 0. The number of likely N-dealkylation sites (N-methyl/N-ethyl adjacent to an activating group) is 1. The number of hydrogen-bond acceptors (Lipinski definition) is 3. The van der Waals surface area contributed by atoms with Gasteiger partial charge in [0, 0.05) is 6.42 Å². The van der Waals surface area contributed by atoms with Crippen LogP contribution in [0.15, 0.2) is 12.2 Å². The molecule has 0 saturated carbocycles. The predicted molar refractivity (Wildman–Crippen MR) is 120 cm³/mol. The Morgan fingerprint density at radius 1 is 0.862 bits per heavy atom. The van der Waals surface area contributed by atoms with Crippen LogP contribution < -0.4 is 0 Å². The van der Waals surface area contributed by atoms with Gasteiger partial charge in [-0.2, -0.15) is 0 Å². The highest BCUT2D eigenvalue weighted by Gasteiger charge is 2.24. The molecule has 0 aliphatic carbocycles. The molecule has 5 nitrogen and oxygen atoms in total. The average Bonchev–Trinajstić information content (AvgIpc) is 2.60. The van der Waals surface area contributed by atoms with Crippen molar-refractivity contribution in [3.05, 3.63) is 12.2 Å². The lowest BCUT2D eigenvalue weighted by atomic mass is 10.1. The van der Waals surface area contributed by atoms with Gasteiger partial charge >= 0.3 is 11.9 Å². The molecule has 0 aromatic heterocycles. The van der Waals surface area contributed by atoms with E-state index in [-0.39, 0.29) is 12.4 Å². The molecule has 0 aliphatic rings. The van der Waals surface area contributed by atoms with Crippen molar-refractivity contribution in [2.24, 2.45) is 0 Å². The summed E-state index contributed by atoms with van der Waals surface area (Å²) < 4.78 is 5.97. The van der Waals surface area contributed by atoms with Crippen LogP contribution in [0.5, 0.6) is 0 Å². The van der Waals surface area contributed by atoms with Gasteiger partial charge in [0.2, 0.25) is 0 Å². The Hall–Kier alpha value is -1.36. The molecule has 5 heteroatoms. The van der Waals surface area contributed by atoms with Crippen molar-refractivity contribution >= 4 is 11.9 Å². The Kier molecular flexibility index (Phi) is 16.7. The molecule has 0 radical (unpaired) electrons. The zero-order valence-electron chi connectivity index (χ0n) is 19.5. The van der Waals surface area contributed by atoms with Crippen molar-refractivity contribution in [3.8, 4) is 0 Å². The van der Waals surface area contributed by atoms with Crippen molar-refractivity contribution in [3.63, 3.8) is 0 Å². The van der Waals surface area contributed by atoms with Crippen LogP contribution >= 0.6 is 0 Å². The van der Waals surface area contributed by atoms with Crippen molar-refractivity contribution < 1.29 is 23.9 Å². The van der Waals surface area contributed by atoms with Crippen molar-refractivity contribution in [2.75, 3.05) is 27.7 Å². The van der Waals surface area contributed by atoms with Gasteiger partial charge in [-0.05, 0) is 32.1 Å². The first-order valence-corrected chi connectivity index (χ1v) is 11.6. The van der Waals surface area contributed by atoms with Crippen LogP contribution in [0.25, 0.3) is 0 Å². The minimum absolute atomic E-state index is 0.134. The van der Waals surface area contributed by atoms with Crippen LogP contribution in [0.2, 0.25) is 0 Å². The quantitative estimate of drug-likeness (QED) is 0.127. The fraction of sp³-hybridized carbons (Fsp3) is 0.833. The first kappa shape index (κ1) is 27.6. The zero-order valence-corrected chi connectivity index (χ0v) is 19.5. The molecule has 0 aromatic rings. The molecule has 1 unspecified atom stereocenters. The van der Waals surface area contributed by atoms with E-state index in [1.807, 2.05) is 21.1 Å². The minimum Gasteiger partial charge on any atom is -0.481 e. The SMILES string of the molecule is CCCCCCCCC/C=C\CCCCCC(=O)OC(CC(=O)O)C[N+](C)(C)C. The number of allylic oxidation sites excluding steroid dienone is 2. The van der Waals surface area contributed by atoms with Crippen molar-refractivity contribution in [2.45, 2.75) is 103 Å². The molecule has 0 bridgehead atoms. The third-order valence-corrected chi connectivity index (χ3v) is 4.84. The first-order chi connectivity index (χ1) is 13.7. The normalized spacial score (nSPS) is 13.0. The molecule has 1 N–H and O–H groups in total. The topological polar surface area (TPSA) is 63.6 Å². The maximum absolute atomic E-state index is 12.0. The summed E-state index contributed by atoms with van der Waals surface area (Å²) in [5.41, 5.74) is 0. The Morgan fingerprint density at radius 2 is 1.38 bits per heavy atom. The lowest BCUT2D eigenvalue weighted by Gasteiger charge is -2.28. The fourth-order valence-electron chi connectivity index (χ4n) is 3.36. The third kappa shape index (κ3) is 21.2.